The first-order valence-corrected chi connectivity index (χ1v) is 8.06. The summed E-state index contributed by atoms with van der Waals surface area (Å²) in [7, 11) is -5.05. The first-order chi connectivity index (χ1) is 11.2. The molecule has 0 spiro atoms. The Bertz CT molecular complexity index is 846. The molecule has 132 valence electrons. The molecule has 0 amide bonds. The normalized spacial score (nSPS) is 29.2. The predicted molar refractivity (Wildman–Crippen MR) is 73.2 cm³/mol. The van der Waals surface area contributed by atoms with E-state index in [2.05, 4.69) is 19.5 Å². The van der Waals surface area contributed by atoms with Gasteiger partial charge in [0.1, 0.15) is 18.3 Å². The Morgan fingerprint density at radius 1 is 1.33 bits per heavy atom. The minimum Gasteiger partial charge on any atom is -0.387 e. The number of phosphoric ester groups is 1. The van der Waals surface area contributed by atoms with Gasteiger partial charge in [0, 0.05) is 0 Å². The number of aliphatic hydroxyl groups is 3. The van der Waals surface area contributed by atoms with Crippen LogP contribution in [-0.2, 0) is 13.8 Å². The number of imidazole rings is 1. The number of hydrogen-bond acceptors (Lipinski definition) is 9. The van der Waals surface area contributed by atoms with Crippen LogP contribution >= 0.6 is 7.82 Å². The van der Waals surface area contributed by atoms with E-state index in [1.807, 2.05) is 0 Å². The van der Waals surface area contributed by atoms with E-state index in [1.54, 1.807) is 0 Å². The molecule has 13 nitrogen and oxygen atoms in total. The van der Waals surface area contributed by atoms with Crippen molar-refractivity contribution in [1.82, 2.24) is 19.5 Å². The zero-order valence-electron chi connectivity index (χ0n) is 11.7. The largest absolute Gasteiger partial charge is 0.472 e. The van der Waals surface area contributed by atoms with Crippen LogP contribution in [0.25, 0.3) is 11.2 Å². The number of phosphoric acid groups is 1. The average Bonchev–Trinajstić information content (AvgIpc) is 3.01. The first kappa shape index (κ1) is 17.1. The van der Waals surface area contributed by atoms with Crippen molar-refractivity contribution in [2.75, 3.05) is 0 Å². The smallest absolute Gasteiger partial charge is 0.387 e. The van der Waals surface area contributed by atoms with Crippen LogP contribution in [0.3, 0.4) is 0 Å². The highest BCUT2D eigenvalue weighted by atomic mass is 31.2. The first-order valence-electron chi connectivity index (χ1n) is 6.53. The fourth-order valence-corrected chi connectivity index (χ4v) is 2.80. The molecule has 5 atom stereocenters. The van der Waals surface area contributed by atoms with E-state index in [4.69, 9.17) is 14.5 Å². The summed E-state index contributed by atoms with van der Waals surface area (Å²) in [6, 6.07) is 0. The Balaban J connectivity index is 1.91. The fourth-order valence-electron chi connectivity index (χ4n) is 2.40. The summed E-state index contributed by atoms with van der Waals surface area (Å²) >= 11 is 0. The second kappa shape index (κ2) is 5.98. The van der Waals surface area contributed by atoms with E-state index in [0.717, 1.165) is 17.2 Å². The van der Waals surface area contributed by atoms with Gasteiger partial charge < -0.3 is 34.8 Å². The number of aliphatic hydroxyl groups excluding tert-OH is 3. The van der Waals surface area contributed by atoms with Crippen molar-refractivity contribution in [2.24, 2.45) is 0 Å². The van der Waals surface area contributed by atoms with E-state index in [9.17, 15) is 24.7 Å². The second-order valence-corrected chi connectivity index (χ2v) is 6.21. The van der Waals surface area contributed by atoms with E-state index >= 15 is 0 Å². The number of nitrogens with one attached hydrogen (secondary N) is 1. The molecule has 14 heteroatoms. The fraction of sp³-hybridized carbons (Fsp3) is 0.500. The Hall–Kier alpha value is -1.70. The quantitative estimate of drug-likeness (QED) is 0.241. The Morgan fingerprint density at radius 2 is 2.04 bits per heavy atom. The van der Waals surface area contributed by atoms with Crippen LogP contribution in [0.4, 0.5) is 0 Å². The van der Waals surface area contributed by atoms with Crippen LogP contribution in [0, 0.1) is 0 Å². The topological polar surface area (TPSA) is 200 Å². The summed E-state index contributed by atoms with van der Waals surface area (Å²) in [5.41, 5.74) is -0.535. The average molecular weight is 364 g/mol. The number of H-pyrrole nitrogens is 1. The highest BCUT2D eigenvalue weighted by Crippen LogP contribution is 2.41. The van der Waals surface area contributed by atoms with Crippen LogP contribution in [0.5, 0.6) is 0 Å². The molecule has 1 saturated heterocycles. The van der Waals surface area contributed by atoms with Crippen molar-refractivity contribution < 1.29 is 38.9 Å². The van der Waals surface area contributed by atoms with Gasteiger partial charge in [0.2, 0.25) is 0 Å². The molecular formula is C10H13N4O9P. The number of ether oxygens (including phenoxy) is 1. The molecule has 0 aromatic carbocycles. The molecule has 0 radical (unpaired) electrons. The van der Waals surface area contributed by atoms with Gasteiger partial charge in [0.05, 0.1) is 12.7 Å². The summed E-state index contributed by atoms with van der Waals surface area (Å²) in [6.07, 6.45) is -6.28. The van der Waals surface area contributed by atoms with Crippen LogP contribution < -0.4 is 5.56 Å². The van der Waals surface area contributed by atoms with Crippen molar-refractivity contribution >= 4 is 19.0 Å². The zero-order valence-corrected chi connectivity index (χ0v) is 12.6. The van der Waals surface area contributed by atoms with Crippen LogP contribution in [0.15, 0.2) is 17.4 Å². The van der Waals surface area contributed by atoms with Crippen molar-refractivity contribution in [3.8, 4) is 0 Å². The Morgan fingerprint density at radius 3 is 2.71 bits per heavy atom. The molecule has 2 aromatic heterocycles. The third kappa shape index (κ3) is 2.99. The highest BCUT2D eigenvalue weighted by molar-refractivity contribution is 7.46. The van der Waals surface area contributed by atoms with Crippen molar-refractivity contribution in [2.45, 2.75) is 30.8 Å². The van der Waals surface area contributed by atoms with Crippen molar-refractivity contribution in [3.05, 3.63) is 23.0 Å². The van der Waals surface area contributed by atoms with Gasteiger partial charge >= 0.3 is 7.82 Å². The van der Waals surface area contributed by atoms with Crippen LogP contribution in [-0.4, -0.2) is 69.2 Å². The molecule has 3 heterocycles. The molecule has 2 aromatic rings. The molecule has 0 saturated carbocycles. The molecule has 6 N–H and O–H groups in total. The van der Waals surface area contributed by atoms with E-state index in [1.165, 1.54) is 0 Å². The molecule has 0 aliphatic carbocycles. The lowest BCUT2D eigenvalue weighted by Crippen LogP contribution is -2.39. The minimum absolute atomic E-state index is 0.0426. The van der Waals surface area contributed by atoms with E-state index in [0.29, 0.717) is 0 Å². The van der Waals surface area contributed by atoms with Gasteiger partial charge in [-0.05, 0) is 0 Å². The third-order valence-corrected chi connectivity index (χ3v) is 3.93. The summed E-state index contributed by atoms with van der Waals surface area (Å²) in [5, 5.41) is 29.6. The van der Waals surface area contributed by atoms with Gasteiger partial charge in [-0.1, -0.05) is 0 Å². The Kier molecular flexibility index (Phi) is 4.27. The maximum Gasteiger partial charge on any atom is 0.472 e. The standard InChI is InChI=1S/C10H13N4O9P/c15-4-5(16)9(22-6(4)10(18)23-24(19,20)21)14-2-13-3-7(14)11-1-12-8(3)17/h1-2,4-6,9-10,15-16,18H,(H,11,12,17)(H2,19,20,21)/t4-,5+,6-,9+,10+/m0/s1. The number of nitrogens with zero attached hydrogens (tertiary/aromatic N) is 3. The van der Waals surface area contributed by atoms with Gasteiger partial charge in [-0.25, -0.2) is 14.5 Å². The lowest BCUT2D eigenvalue weighted by atomic mass is 10.1. The molecule has 1 aliphatic heterocycles. The van der Waals surface area contributed by atoms with E-state index < -0.39 is 44.2 Å². The minimum atomic E-state index is -5.05. The van der Waals surface area contributed by atoms with Gasteiger partial charge in [0.15, 0.2) is 23.7 Å². The molecule has 0 bridgehead atoms. The van der Waals surface area contributed by atoms with E-state index in [-0.39, 0.29) is 11.2 Å². The van der Waals surface area contributed by atoms with Crippen molar-refractivity contribution in [1.29, 1.82) is 0 Å². The molecule has 1 fully saturated rings. The van der Waals surface area contributed by atoms with Crippen LogP contribution in [0.2, 0.25) is 0 Å². The van der Waals surface area contributed by atoms with Crippen LogP contribution in [0.1, 0.15) is 6.23 Å². The lowest BCUT2D eigenvalue weighted by molar-refractivity contribution is -0.161. The van der Waals surface area contributed by atoms with Gasteiger partial charge in [-0.3, -0.25) is 13.9 Å². The highest BCUT2D eigenvalue weighted by Gasteiger charge is 2.49. The predicted octanol–water partition coefficient (Wildman–Crippen LogP) is -2.83. The summed E-state index contributed by atoms with van der Waals surface area (Å²) in [5.74, 6) is 0. The molecule has 24 heavy (non-hydrogen) atoms. The molecule has 1 aliphatic rings. The monoisotopic (exact) mass is 364 g/mol. The molecule has 3 rings (SSSR count). The van der Waals surface area contributed by atoms with Crippen molar-refractivity contribution in [3.63, 3.8) is 0 Å². The summed E-state index contributed by atoms with van der Waals surface area (Å²) in [6.45, 7) is 0. The van der Waals surface area contributed by atoms with Gasteiger partial charge in [-0.2, -0.15) is 0 Å². The number of fused-ring (bicyclic) bond motifs is 1. The Labute approximate surface area is 132 Å². The SMILES string of the molecule is O=c1[nH]cnc2c1ncn2[C@@H]1O[C@H]([C@H](O)OP(=O)(O)O)[C@@H](O)[C@H]1O. The van der Waals surface area contributed by atoms with Gasteiger partial charge in [-0.15, -0.1) is 0 Å². The lowest BCUT2D eigenvalue weighted by Gasteiger charge is -2.21. The third-order valence-electron chi connectivity index (χ3n) is 3.44. The number of rotatable bonds is 4. The summed E-state index contributed by atoms with van der Waals surface area (Å²) < 4.78 is 21.2. The molecular weight excluding hydrogens is 351 g/mol. The number of aromatic nitrogens is 4. The number of aromatic amines is 1. The molecule has 0 unspecified atom stereocenters. The summed E-state index contributed by atoms with van der Waals surface area (Å²) in [4.78, 5) is 39.0. The maximum absolute atomic E-state index is 11.6. The second-order valence-electron chi connectivity index (χ2n) is 5.01. The number of hydrogen-bond donors (Lipinski definition) is 6. The maximum atomic E-state index is 11.6. The van der Waals surface area contributed by atoms with Gasteiger partial charge in [0.25, 0.3) is 5.56 Å². The zero-order chi connectivity index (χ0) is 17.6.